The summed E-state index contributed by atoms with van der Waals surface area (Å²) in [7, 11) is 0. The van der Waals surface area contributed by atoms with Gasteiger partial charge in [-0.05, 0) is 50.5 Å². The molecule has 2 aromatic carbocycles. The molecule has 0 aliphatic carbocycles. The summed E-state index contributed by atoms with van der Waals surface area (Å²) in [5.41, 5.74) is 7.10. The molecule has 3 aliphatic rings. The maximum atomic E-state index is 13.4. The van der Waals surface area contributed by atoms with Gasteiger partial charge in [0, 0.05) is 25.4 Å². The average molecular weight is 476 g/mol. The van der Waals surface area contributed by atoms with Crippen LogP contribution in [0.1, 0.15) is 43.0 Å². The second kappa shape index (κ2) is 8.72. The molecule has 2 aromatic rings. The van der Waals surface area contributed by atoms with Gasteiger partial charge in [0.2, 0.25) is 17.7 Å². The quantitative estimate of drug-likeness (QED) is 0.689. The van der Waals surface area contributed by atoms with Crippen molar-refractivity contribution in [2.45, 2.75) is 38.3 Å². The average Bonchev–Trinajstić information content (AvgIpc) is 3.17. The number of nitrogens with zero attached hydrogens (tertiary/aromatic N) is 3. The van der Waals surface area contributed by atoms with Crippen molar-refractivity contribution < 1.29 is 19.2 Å². The van der Waals surface area contributed by atoms with E-state index in [-0.39, 0.29) is 36.1 Å². The standard InChI is InChI=1S/C26H29N5O4/c1-26-13-10-23(33)31(26)20-8-4-2-6-18(20)25(35)30(26)16-22(32)28-19-7-3-5-9-21(19)29-14-11-17(12-15-29)24(27)34/h2-9,17H,10-16H2,1H3,(H2,27,34)(H,28,32). The molecule has 0 saturated carbocycles. The van der Waals surface area contributed by atoms with Crippen LogP contribution in [0, 0.1) is 5.92 Å². The van der Waals surface area contributed by atoms with Crippen LogP contribution >= 0.6 is 0 Å². The number of nitrogens with two attached hydrogens (primary N) is 1. The van der Waals surface area contributed by atoms with E-state index in [1.54, 1.807) is 23.1 Å². The number of para-hydroxylation sites is 3. The third-order valence-electron chi connectivity index (χ3n) is 7.46. The lowest BCUT2D eigenvalue weighted by Crippen LogP contribution is -2.63. The summed E-state index contributed by atoms with van der Waals surface area (Å²) in [6.07, 6.45) is 2.12. The van der Waals surface area contributed by atoms with E-state index in [1.165, 1.54) is 4.90 Å². The molecule has 4 amide bonds. The molecular weight excluding hydrogens is 446 g/mol. The highest BCUT2D eigenvalue weighted by Crippen LogP contribution is 2.44. The van der Waals surface area contributed by atoms with Crippen LogP contribution in [0.2, 0.25) is 0 Å². The number of piperidine rings is 1. The number of benzene rings is 2. The molecule has 9 nitrogen and oxygen atoms in total. The number of carbonyl (C=O) groups excluding carboxylic acids is 4. The second-order valence-corrected chi connectivity index (χ2v) is 9.58. The highest BCUT2D eigenvalue weighted by atomic mass is 16.2. The fraction of sp³-hybridized carbons (Fsp3) is 0.385. The van der Waals surface area contributed by atoms with Crippen molar-refractivity contribution in [3.05, 3.63) is 54.1 Å². The topological polar surface area (TPSA) is 116 Å². The molecular formula is C26H29N5O4. The Labute approximate surface area is 203 Å². The third-order valence-corrected chi connectivity index (χ3v) is 7.46. The van der Waals surface area contributed by atoms with Gasteiger partial charge in [0.15, 0.2) is 0 Å². The first kappa shape index (κ1) is 22.9. The van der Waals surface area contributed by atoms with Crippen LogP contribution in [0.25, 0.3) is 0 Å². The Hall–Kier alpha value is -3.88. The zero-order valence-corrected chi connectivity index (χ0v) is 19.7. The smallest absolute Gasteiger partial charge is 0.258 e. The van der Waals surface area contributed by atoms with Crippen LogP contribution in [-0.4, -0.2) is 53.8 Å². The maximum Gasteiger partial charge on any atom is 0.258 e. The number of hydrogen-bond donors (Lipinski definition) is 2. The third kappa shape index (κ3) is 3.90. The highest BCUT2D eigenvalue weighted by Gasteiger charge is 2.53. The lowest BCUT2D eigenvalue weighted by Gasteiger charge is -2.48. The fourth-order valence-electron chi connectivity index (χ4n) is 5.53. The molecule has 9 heteroatoms. The summed E-state index contributed by atoms with van der Waals surface area (Å²) in [6.45, 7) is 3.00. The molecule has 3 N–H and O–H groups in total. The van der Waals surface area contributed by atoms with Crippen molar-refractivity contribution in [3.8, 4) is 0 Å². The first-order valence-corrected chi connectivity index (χ1v) is 12.0. The molecule has 0 radical (unpaired) electrons. The monoisotopic (exact) mass is 475 g/mol. The second-order valence-electron chi connectivity index (χ2n) is 9.58. The van der Waals surface area contributed by atoms with Crippen molar-refractivity contribution in [2.24, 2.45) is 11.7 Å². The predicted octanol–water partition coefficient (Wildman–Crippen LogP) is 2.33. The highest BCUT2D eigenvalue weighted by molar-refractivity contribution is 6.11. The largest absolute Gasteiger partial charge is 0.370 e. The number of amides is 4. The first-order chi connectivity index (χ1) is 16.8. The Bertz CT molecular complexity index is 1210. The number of fused-ring (bicyclic) bond motifs is 3. The van der Waals surface area contributed by atoms with Gasteiger partial charge in [-0.15, -0.1) is 0 Å². The fourth-order valence-corrected chi connectivity index (χ4v) is 5.53. The minimum Gasteiger partial charge on any atom is -0.370 e. The van der Waals surface area contributed by atoms with Crippen molar-refractivity contribution in [3.63, 3.8) is 0 Å². The zero-order chi connectivity index (χ0) is 24.7. The lowest BCUT2D eigenvalue weighted by atomic mass is 9.96. The van der Waals surface area contributed by atoms with Gasteiger partial charge in [-0.1, -0.05) is 24.3 Å². The van der Waals surface area contributed by atoms with Crippen molar-refractivity contribution >= 4 is 40.7 Å². The van der Waals surface area contributed by atoms with E-state index in [2.05, 4.69) is 10.2 Å². The predicted molar refractivity (Wildman–Crippen MR) is 132 cm³/mol. The Morgan fingerprint density at radius 2 is 1.69 bits per heavy atom. The molecule has 3 heterocycles. The number of nitrogens with one attached hydrogen (secondary N) is 1. The van der Waals surface area contributed by atoms with Crippen molar-refractivity contribution in [1.82, 2.24) is 4.90 Å². The zero-order valence-electron chi connectivity index (χ0n) is 19.7. The first-order valence-electron chi connectivity index (χ1n) is 12.0. The Morgan fingerprint density at radius 1 is 1.03 bits per heavy atom. The number of hydrogen-bond acceptors (Lipinski definition) is 5. The van der Waals surface area contributed by atoms with Gasteiger partial charge >= 0.3 is 0 Å². The van der Waals surface area contributed by atoms with Crippen LogP contribution in [-0.2, 0) is 14.4 Å². The molecule has 2 saturated heterocycles. The van der Waals surface area contributed by atoms with Gasteiger partial charge in [0.1, 0.15) is 12.2 Å². The van der Waals surface area contributed by atoms with Crippen LogP contribution < -0.4 is 20.9 Å². The molecule has 2 fully saturated rings. The molecule has 1 atom stereocenters. The van der Waals surface area contributed by atoms with E-state index in [4.69, 9.17) is 5.73 Å². The maximum absolute atomic E-state index is 13.4. The Balaban J connectivity index is 1.36. The van der Waals surface area contributed by atoms with Crippen LogP contribution in [0.3, 0.4) is 0 Å². The molecule has 0 spiro atoms. The summed E-state index contributed by atoms with van der Waals surface area (Å²) in [6, 6.07) is 14.5. The molecule has 5 rings (SSSR count). The molecule has 3 aliphatic heterocycles. The van der Waals surface area contributed by atoms with E-state index in [0.717, 1.165) is 5.69 Å². The Kier molecular flexibility index (Phi) is 5.70. The van der Waals surface area contributed by atoms with Gasteiger partial charge in [-0.25, -0.2) is 0 Å². The number of primary amides is 1. The molecule has 0 bridgehead atoms. The van der Waals surface area contributed by atoms with Gasteiger partial charge in [-0.3, -0.25) is 24.1 Å². The van der Waals surface area contributed by atoms with Crippen LogP contribution in [0.15, 0.2) is 48.5 Å². The summed E-state index contributed by atoms with van der Waals surface area (Å²) >= 11 is 0. The van der Waals surface area contributed by atoms with Gasteiger partial charge in [0.25, 0.3) is 5.91 Å². The van der Waals surface area contributed by atoms with E-state index in [1.807, 2.05) is 37.3 Å². The number of rotatable bonds is 5. The Morgan fingerprint density at radius 3 is 2.40 bits per heavy atom. The summed E-state index contributed by atoms with van der Waals surface area (Å²) in [5.74, 6) is -1.04. The van der Waals surface area contributed by atoms with Gasteiger partial charge in [0.05, 0.1) is 22.6 Å². The minimum absolute atomic E-state index is 0.0532. The van der Waals surface area contributed by atoms with E-state index >= 15 is 0 Å². The number of carbonyl (C=O) groups is 4. The van der Waals surface area contributed by atoms with Crippen LogP contribution in [0.4, 0.5) is 17.1 Å². The van der Waals surface area contributed by atoms with Crippen molar-refractivity contribution in [2.75, 3.05) is 34.8 Å². The van der Waals surface area contributed by atoms with Gasteiger partial charge in [-0.2, -0.15) is 0 Å². The van der Waals surface area contributed by atoms with Gasteiger partial charge < -0.3 is 20.9 Å². The molecule has 35 heavy (non-hydrogen) atoms. The molecule has 1 unspecified atom stereocenters. The van der Waals surface area contributed by atoms with Crippen molar-refractivity contribution in [1.29, 1.82) is 0 Å². The minimum atomic E-state index is -0.893. The molecule has 0 aromatic heterocycles. The molecule has 182 valence electrons. The van der Waals surface area contributed by atoms with Crippen LogP contribution in [0.5, 0.6) is 0 Å². The van der Waals surface area contributed by atoms with E-state index in [0.29, 0.717) is 55.7 Å². The lowest BCUT2D eigenvalue weighted by molar-refractivity contribution is -0.122. The summed E-state index contributed by atoms with van der Waals surface area (Å²) in [4.78, 5) is 56.2. The number of anilines is 3. The van der Waals surface area contributed by atoms with E-state index in [9.17, 15) is 19.2 Å². The van der Waals surface area contributed by atoms with E-state index < -0.39 is 5.66 Å². The normalized spacial score (nSPS) is 22.1. The summed E-state index contributed by atoms with van der Waals surface area (Å²) < 4.78 is 0. The summed E-state index contributed by atoms with van der Waals surface area (Å²) in [5, 5.41) is 2.97. The SMILES string of the molecule is CC12CCC(=O)N1c1ccccc1C(=O)N2CC(=O)Nc1ccccc1N1CCC(C(N)=O)CC1.